The Kier molecular flexibility index (Phi) is 6.44. The van der Waals surface area contributed by atoms with Gasteiger partial charge in [-0.05, 0) is 37.6 Å². The van der Waals surface area contributed by atoms with Gasteiger partial charge in [-0.3, -0.25) is 0 Å². The number of carbonyl (C=O) groups excluding carboxylic acids is 1. The number of aromatic nitrogens is 1. The van der Waals surface area contributed by atoms with Crippen LogP contribution in [-0.2, 0) is 6.54 Å². The summed E-state index contributed by atoms with van der Waals surface area (Å²) < 4.78 is 1.14. The molecule has 3 rings (SSSR count). The Hall–Kier alpha value is -2.60. The smallest absolute Gasteiger partial charge is 0.315 e. The monoisotopic (exact) mass is 368 g/mol. The van der Waals surface area contributed by atoms with E-state index in [2.05, 4.69) is 39.6 Å². The quantitative estimate of drug-likeness (QED) is 0.591. The lowest BCUT2D eigenvalue weighted by molar-refractivity contribution is 0.240. The summed E-state index contributed by atoms with van der Waals surface area (Å²) in [5, 5.41) is 6.71. The van der Waals surface area contributed by atoms with E-state index in [4.69, 9.17) is 0 Å². The van der Waals surface area contributed by atoms with Gasteiger partial charge >= 0.3 is 6.03 Å². The first-order valence-electron chi connectivity index (χ1n) is 8.92. The molecule has 0 saturated carbocycles. The maximum Gasteiger partial charge on any atom is 0.315 e. The zero-order valence-corrected chi connectivity index (χ0v) is 15.8. The fourth-order valence-corrected chi connectivity index (χ4v) is 3.70. The van der Waals surface area contributed by atoms with E-state index < -0.39 is 0 Å². The summed E-state index contributed by atoms with van der Waals surface area (Å²) in [5.74, 6) is 0. The number of rotatable bonds is 8. The van der Waals surface area contributed by atoms with Crippen LogP contribution in [0, 0.1) is 0 Å². The zero-order chi connectivity index (χ0) is 18.2. The number of benzene rings is 2. The molecule has 5 nitrogen and oxygen atoms in total. The second kappa shape index (κ2) is 9.20. The van der Waals surface area contributed by atoms with Crippen molar-refractivity contribution in [2.24, 2.45) is 0 Å². The highest BCUT2D eigenvalue weighted by atomic mass is 32.1. The zero-order valence-electron chi connectivity index (χ0n) is 14.9. The Labute approximate surface area is 158 Å². The molecule has 0 aliphatic carbocycles. The topological polar surface area (TPSA) is 57.3 Å². The molecule has 0 aliphatic rings. The number of urea groups is 1. The van der Waals surface area contributed by atoms with Gasteiger partial charge in [0.2, 0.25) is 0 Å². The fourth-order valence-electron chi connectivity index (χ4n) is 2.79. The van der Waals surface area contributed by atoms with Gasteiger partial charge in [0.15, 0.2) is 0 Å². The van der Waals surface area contributed by atoms with Crippen LogP contribution in [0.15, 0.2) is 54.6 Å². The van der Waals surface area contributed by atoms with Gasteiger partial charge < -0.3 is 15.5 Å². The minimum absolute atomic E-state index is 0.146. The number of anilines is 1. The summed E-state index contributed by atoms with van der Waals surface area (Å²) in [6, 6.07) is 18.2. The van der Waals surface area contributed by atoms with Gasteiger partial charge in [0.1, 0.15) is 5.01 Å². The number of hydrogen-bond acceptors (Lipinski definition) is 4. The summed E-state index contributed by atoms with van der Waals surface area (Å²) >= 11 is 1.61. The van der Waals surface area contributed by atoms with Gasteiger partial charge in [-0.15, -0.1) is 11.3 Å². The van der Waals surface area contributed by atoms with Crippen LogP contribution in [-0.4, -0.2) is 30.6 Å². The van der Waals surface area contributed by atoms with Crippen LogP contribution in [0.5, 0.6) is 0 Å². The molecule has 0 radical (unpaired) electrons. The van der Waals surface area contributed by atoms with Crippen molar-refractivity contribution in [2.75, 3.05) is 24.5 Å². The first-order chi connectivity index (χ1) is 12.8. The van der Waals surface area contributed by atoms with Crippen molar-refractivity contribution in [3.63, 3.8) is 0 Å². The number of amides is 2. The van der Waals surface area contributed by atoms with Gasteiger partial charge in [0.05, 0.1) is 16.8 Å². The Bertz CT molecular complexity index is 801. The third-order valence-corrected chi connectivity index (χ3v) is 5.17. The van der Waals surface area contributed by atoms with E-state index in [-0.39, 0.29) is 6.03 Å². The van der Waals surface area contributed by atoms with Crippen molar-refractivity contribution in [2.45, 2.75) is 19.9 Å². The Morgan fingerprint density at radius 1 is 1.08 bits per heavy atom. The van der Waals surface area contributed by atoms with Crippen molar-refractivity contribution in [1.82, 2.24) is 15.6 Å². The molecule has 26 heavy (non-hydrogen) atoms. The summed E-state index contributed by atoms with van der Waals surface area (Å²) in [6.45, 7) is 5.11. The molecule has 0 bridgehead atoms. The molecule has 1 heterocycles. The number of nitrogens with zero attached hydrogens (tertiary/aromatic N) is 2. The highest BCUT2D eigenvalue weighted by molar-refractivity contribution is 7.18. The molecule has 2 aromatic carbocycles. The van der Waals surface area contributed by atoms with Crippen molar-refractivity contribution in [3.05, 3.63) is 59.6 Å². The Morgan fingerprint density at radius 3 is 2.62 bits per heavy atom. The van der Waals surface area contributed by atoms with Crippen LogP contribution >= 0.6 is 11.3 Å². The SMILES string of the molecule is CCN(CCCNC(=O)NCc1nc2ccccc2s1)c1ccccc1. The molecular formula is C20H24N4OS. The molecule has 3 aromatic rings. The Morgan fingerprint density at radius 2 is 1.85 bits per heavy atom. The van der Waals surface area contributed by atoms with Gasteiger partial charge in [0.25, 0.3) is 0 Å². The standard InChI is InChI=1S/C20H24N4OS/c1-2-24(16-9-4-3-5-10-16)14-8-13-21-20(25)22-15-19-23-17-11-6-7-12-18(17)26-19/h3-7,9-12H,2,8,13-15H2,1H3,(H2,21,22,25). The number of nitrogens with one attached hydrogen (secondary N) is 2. The van der Waals surface area contributed by atoms with Crippen LogP contribution in [0.4, 0.5) is 10.5 Å². The maximum absolute atomic E-state index is 12.0. The molecule has 136 valence electrons. The normalized spacial score (nSPS) is 10.7. The van der Waals surface area contributed by atoms with Gasteiger partial charge in [-0.1, -0.05) is 30.3 Å². The van der Waals surface area contributed by atoms with Gasteiger partial charge in [-0.25, -0.2) is 9.78 Å². The number of hydrogen-bond donors (Lipinski definition) is 2. The van der Waals surface area contributed by atoms with Crippen LogP contribution in [0.25, 0.3) is 10.2 Å². The summed E-state index contributed by atoms with van der Waals surface area (Å²) in [6.07, 6.45) is 0.900. The van der Waals surface area contributed by atoms with Gasteiger partial charge in [-0.2, -0.15) is 0 Å². The first-order valence-corrected chi connectivity index (χ1v) is 9.74. The minimum atomic E-state index is -0.146. The predicted molar refractivity (Wildman–Crippen MR) is 109 cm³/mol. The lowest BCUT2D eigenvalue weighted by atomic mass is 10.2. The van der Waals surface area contributed by atoms with Crippen LogP contribution < -0.4 is 15.5 Å². The molecule has 2 amide bonds. The molecule has 0 unspecified atom stereocenters. The van der Waals surface area contributed by atoms with E-state index in [0.29, 0.717) is 13.1 Å². The lowest BCUT2D eigenvalue weighted by Gasteiger charge is -2.23. The fraction of sp³-hybridized carbons (Fsp3) is 0.300. The third-order valence-electron chi connectivity index (χ3n) is 4.13. The average molecular weight is 369 g/mol. The average Bonchev–Trinajstić information content (AvgIpc) is 3.10. The molecule has 0 spiro atoms. The molecule has 0 fully saturated rings. The van der Waals surface area contributed by atoms with E-state index in [1.165, 1.54) is 5.69 Å². The number of carbonyl (C=O) groups is 1. The van der Waals surface area contributed by atoms with E-state index in [9.17, 15) is 4.79 Å². The van der Waals surface area contributed by atoms with Crippen LogP contribution in [0.2, 0.25) is 0 Å². The molecule has 0 saturated heterocycles. The second-order valence-electron chi connectivity index (χ2n) is 5.95. The number of para-hydroxylation sites is 2. The third kappa shape index (κ3) is 4.95. The van der Waals surface area contributed by atoms with Crippen molar-refractivity contribution < 1.29 is 4.79 Å². The van der Waals surface area contributed by atoms with E-state index in [1.807, 2.05) is 42.5 Å². The number of fused-ring (bicyclic) bond motifs is 1. The highest BCUT2D eigenvalue weighted by Gasteiger charge is 2.06. The summed E-state index contributed by atoms with van der Waals surface area (Å²) in [4.78, 5) is 18.8. The maximum atomic E-state index is 12.0. The number of thiazole rings is 1. The molecule has 0 atom stereocenters. The van der Waals surface area contributed by atoms with Crippen molar-refractivity contribution in [1.29, 1.82) is 0 Å². The molecule has 0 aliphatic heterocycles. The summed E-state index contributed by atoms with van der Waals surface area (Å²) in [7, 11) is 0. The van der Waals surface area contributed by atoms with Gasteiger partial charge in [0, 0.05) is 25.3 Å². The highest BCUT2D eigenvalue weighted by Crippen LogP contribution is 2.21. The second-order valence-corrected chi connectivity index (χ2v) is 7.07. The van der Waals surface area contributed by atoms with Crippen LogP contribution in [0.1, 0.15) is 18.4 Å². The minimum Gasteiger partial charge on any atom is -0.372 e. The lowest BCUT2D eigenvalue weighted by Crippen LogP contribution is -2.36. The first kappa shape index (κ1) is 18.2. The molecule has 1 aromatic heterocycles. The van der Waals surface area contributed by atoms with Crippen LogP contribution in [0.3, 0.4) is 0 Å². The molecular weight excluding hydrogens is 344 g/mol. The van der Waals surface area contributed by atoms with E-state index in [0.717, 1.165) is 34.7 Å². The van der Waals surface area contributed by atoms with Crippen molar-refractivity contribution >= 4 is 33.3 Å². The van der Waals surface area contributed by atoms with Crippen molar-refractivity contribution in [3.8, 4) is 0 Å². The summed E-state index contributed by atoms with van der Waals surface area (Å²) in [5.41, 5.74) is 2.20. The van der Waals surface area contributed by atoms with E-state index in [1.54, 1.807) is 11.3 Å². The molecule has 6 heteroatoms. The largest absolute Gasteiger partial charge is 0.372 e. The molecule has 2 N–H and O–H groups in total. The van der Waals surface area contributed by atoms with E-state index >= 15 is 0 Å². The Balaban J connectivity index is 1.37. The predicted octanol–water partition coefficient (Wildman–Crippen LogP) is 4.01.